The molecule has 0 radical (unpaired) electrons. The van der Waals surface area contributed by atoms with Crippen molar-refractivity contribution in [1.29, 1.82) is 0 Å². The lowest BCUT2D eigenvalue weighted by atomic mass is 9.78. The van der Waals surface area contributed by atoms with E-state index in [-0.39, 0.29) is 29.8 Å². The number of amides is 1. The molecular weight excluding hydrogens is 507 g/mol. The van der Waals surface area contributed by atoms with E-state index in [0.717, 1.165) is 36.2 Å². The van der Waals surface area contributed by atoms with Crippen molar-refractivity contribution >= 4 is 23.1 Å². The number of carbonyl (C=O) groups is 2. The molecule has 40 heavy (non-hydrogen) atoms. The number of halogens is 1. The van der Waals surface area contributed by atoms with Gasteiger partial charge in [0.1, 0.15) is 5.82 Å². The summed E-state index contributed by atoms with van der Waals surface area (Å²) in [5.74, 6) is 0.686. The Morgan fingerprint density at radius 2 is 1.68 bits per heavy atom. The number of carbonyl (C=O) groups excluding carboxylic acids is 2. The Kier molecular flexibility index (Phi) is 8.19. The van der Waals surface area contributed by atoms with E-state index in [9.17, 15) is 14.0 Å². The first-order valence-electron chi connectivity index (χ1n) is 13.9. The van der Waals surface area contributed by atoms with Crippen LogP contribution >= 0.6 is 0 Å². The second kappa shape index (κ2) is 11.9. The molecule has 1 N–H and O–H groups in total. The zero-order valence-corrected chi connectivity index (χ0v) is 23.2. The molecule has 1 amide bonds. The minimum atomic E-state index is -0.667. The Labute approximate surface area is 234 Å². The lowest BCUT2D eigenvalue weighted by Gasteiger charge is -2.35. The average Bonchev–Trinajstić information content (AvgIpc) is 3.12. The van der Waals surface area contributed by atoms with Gasteiger partial charge in [-0.15, -0.1) is 0 Å². The summed E-state index contributed by atoms with van der Waals surface area (Å²) in [5.41, 5.74) is 4.49. The van der Waals surface area contributed by atoms with Crippen LogP contribution in [-0.4, -0.2) is 25.9 Å². The van der Waals surface area contributed by atoms with Crippen molar-refractivity contribution < 1.29 is 23.5 Å². The number of anilines is 2. The van der Waals surface area contributed by atoms with Gasteiger partial charge in [-0.1, -0.05) is 50.1 Å². The second-order valence-electron chi connectivity index (χ2n) is 10.4. The molecule has 1 aliphatic carbocycles. The molecule has 208 valence electrons. The Morgan fingerprint density at radius 1 is 0.950 bits per heavy atom. The predicted molar refractivity (Wildman–Crippen MR) is 154 cm³/mol. The second-order valence-corrected chi connectivity index (χ2v) is 10.4. The van der Waals surface area contributed by atoms with Crippen molar-refractivity contribution in [2.45, 2.75) is 57.4 Å². The number of nitrogens with zero attached hydrogens (tertiary/aromatic N) is 1. The van der Waals surface area contributed by atoms with Crippen LogP contribution in [0.1, 0.15) is 68.5 Å². The van der Waals surface area contributed by atoms with E-state index < -0.39 is 6.04 Å². The number of methoxy groups -OCH3 is 2. The van der Waals surface area contributed by atoms with Crippen molar-refractivity contribution in [3.63, 3.8) is 0 Å². The molecule has 2 atom stereocenters. The lowest BCUT2D eigenvalue weighted by molar-refractivity contribution is -0.119. The Bertz CT molecular complexity index is 1430. The molecule has 6 nitrogen and oxygen atoms in total. The number of rotatable bonds is 8. The maximum absolute atomic E-state index is 14.1. The molecule has 0 saturated carbocycles. The first-order chi connectivity index (χ1) is 19.4. The van der Waals surface area contributed by atoms with Crippen molar-refractivity contribution in [1.82, 2.24) is 0 Å². The number of para-hydroxylation sites is 2. The van der Waals surface area contributed by atoms with Gasteiger partial charge in [0.25, 0.3) is 0 Å². The summed E-state index contributed by atoms with van der Waals surface area (Å²) in [6.45, 7) is 2.10. The zero-order valence-electron chi connectivity index (χ0n) is 23.2. The summed E-state index contributed by atoms with van der Waals surface area (Å²) >= 11 is 0. The molecule has 3 aromatic carbocycles. The minimum Gasteiger partial charge on any atom is -0.493 e. The first-order valence-corrected chi connectivity index (χ1v) is 13.9. The summed E-state index contributed by atoms with van der Waals surface area (Å²) in [7, 11) is 3.19. The fraction of sp³-hybridized carbons (Fsp3) is 0.333. The van der Waals surface area contributed by atoms with Crippen LogP contribution in [0, 0.1) is 5.82 Å². The summed E-state index contributed by atoms with van der Waals surface area (Å²) in [6.07, 6.45) is 3.92. The van der Waals surface area contributed by atoms with Gasteiger partial charge in [-0.05, 0) is 66.3 Å². The van der Waals surface area contributed by atoms with Gasteiger partial charge in [0.15, 0.2) is 17.3 Å². The van der Waals surface area contributed by atoms with Crippen LogP contribution in [0.15, 0.2) is 78.0 Å². The van der Waals surface area contributed by atoms with Crippen molar-refractivity contribution in [2.24, 2.45) is 0 Å². The molecule has 0 spiro atoms. The fourth-order valence-corrected chi connectivity index (χ4v) is 5.81. The monoisotopic (exact) mass is 542 g/mol. The van der Waals surface area contributed by atoms with Gasteiger partial charge in [-0.25, -0.2) is 4.39 Å². The van der Waals surface area contributed by atoms with E-state index in [1.807, 2.05) is 42.5 Å². The molecule has 5 rings (SSSR count). The first kappa shape index (κ1) is 27.4. The number of ether oxygens (including phenoxy) is 2. The zero-order chi connectivity index (χ0) is 28.2. The third kappa shape index (κ3) is 5.33. The van der Waals surface area contributed by atoms with Crippen LogP contribution in [-0.2, 0) is 9.59 Å². The highest BCUT2D eigenvalue weighted by atomic mass is 19.1. The fourth-order valence-electron chi connectivity index (χ4n) is 5.81. The maximum Gasteiger partial charge on any atom is 0.227 e. The van der Waals surface area contributed by atoms with E-state index in [1.54, 1.807) is 31.3 Å². The van der Waals surface area contributed by atoms with E-state index >= 15 is 0 Å². The molecule has 0 saturated heterocycles. The molecule has 3 aromatic rings. The number of allylic oxidation sites excluding steroid dienone is 1. The number of hydrogen-bond donors (Lipinski definition) is 1. The van der Waals surface area contributed by atoms with Gasteiger partial charge in [0.2, 0.25) is 5.91 Å². The Balaban J connectivity index is 1.64. The molecular formula is C33H35FN2O4. The average molecular weight is 543 g/mol. The number of Topliss-reactive ketones (excluding diaryl/α,β-unsaturated/α-hetero) is 1. The SMILES string of the molecule is CCCCCC(=O)N1c2ccccc2NC2=C(C(=O)CC(c3ccc(OC)c(OC)c3)C2)C1c1ccc(F)cc1. The van der Waals surface area contributed by atoms with Crippen LogP contribution in [0.2, 0.25) is 0 Å². The van der Waals surface area contributed by atoms with Gasteiger partial charge in [-0.3, -0.25) is 14.5 Å². The van der Waals surface area contributed by atoms with Gasteiger partial charge in [0.05, 0.1) is 31.6 Å². The van der Waals surface area contributed by atoms with Crippen LogP contribution < -0.4 is 19.7 Å². The lowest BCUT2D eigenvalue weighted by Crippen LogP contribution is -2.38. The number of benzene rings is 3. The smallest absolute Gasteiger partial charge is 0.227 e. The minimum absolute atomic E-state index is 0.0398. The Morgan fingerprint density at radius 3 is 2.40 bits per heavy atom. The molecule has 1 heterocycles. The summed E-state index contributed by atoms with van der Waals surface area (Å²) < 4.78 is 24.9. The normalized spacial score (nSPS) is 18.4. The molecule has 2 aliphatic rings. The van der Waals surface area contributed by atoms with Gasteiger partial charge in [-0.2, -0.15) is 0 Å². The molecule has 2 unspecified atom stereocenters. The van der Waals surface area contributed by atoms with E-state index in [0.29, 0.717) is 41.2 Å². The number of hydrogen-bond acceptors (Lipinski definition) is 5. The predicted octanol–water partition coefficient (Wildman–Crippen LogP) is 7.32. The highest BCUT2D eigenvalue weighted by molar-refractivity contribution is 6.06. The summed E-state index contributed by atoms with van der Waals surface area (Å²) in [5, 5.41) is 3.54. The third-order valence-electron chi connectivity index (χ3n) is 7.82. The third-order valence-corrected chi connectivity index (χ3v) is 7.82. The number of nitrogens with one attached hydrogen (secondary N) is 1. The van der Waals surface area contributed by atoms with Crippen molar-refractivity contribution in [2.75, 3.05) is 24.4 Å². The molecule has 0 bridgehead atoms. The van der Waals surface area contributed by atoms with Gasteiger partial charge >= 0.3 is 0 Å². The number of ketones is 1. The van der Waals surface area contributed by atoms with Gasteiger partial charge in [0, 0.05) is 24.1 Å². The van der Waals surface area contributed by atoms with E-state index in [2.05, 4.69) is 12.2 Å². The van der Waals surface area contributed by atoms with E-state index in [4.69, 9.17) is 9.47 Å². The quantitative estimate of drug-likeness (QED) is 0.302. The maximum atomic E-state index is 14.1. The van der Waals surface area contributed by atoms with Crippen LogP contribution in [0.4, 0.5) is 15.8 Å². The number of fused-ring (bicyclic) bond motifs is 1. The summed E-state index contributed by atoms with van der Waals surface area (Å²) in [4.78, 5) is 29.8. The van der Waals surface area contributed by atoms with Crippen molar-refractivity contribution in [3.8, 4) is 11.5 Å². The largest absolute Gasteiger partial charge is 0.493 e. The molecule has 0 fully saturated rings. The highest BCUT2D eigenvalue weighted by Crippen LogP contribution is 2.48. The van der Waals surface area contributed by atoms with Crippen LogP contribution in [0.3, 0.4) is 0 Å². The van der Waals surface area contributed by atoms with Gasteiger partial charge < -0.3 is 14.8 Å². The Hall–Kier alpha value is -4.13. The topological polar surface area (TPSA) is 67.9 Å². The molecule has 7 heteroatoms. The van der Waals surface area contributed by atoms with Crippen LogP contribution in [0.5, 0.6) is 11.5 Å². The molecule has 0 aromatic heterocycles. The standard InChI is InChI=1S/C33H35FN2O4/c1-4-5-6-11-31(38)36-27-10-8-7-9-25(27)35-26-18-23(22-14-17-29(39-2)30(20-22)40-3)19-28(37)32(26)33(36)21-12-15-24(34)16-13-21/h7-10,12-17,20,23,33,35H,4-6,11,18-19H2,1-3H3. The van der Waals surface area contributed by atoms with E-state index in [1.165, 1.54) is 12.1 Å². The van der Waals surface area contributed by atoms with Crippen LogP contribution in [0.25, 0.3) is 0 Å². The highest BCUT2D eigenvalue weighted by Gasteiger charge is 2.41. The molecule has 1 aliphatic heterocycles. The number of unbranched alkanes of at least 4 members (excludes halogenated alkanes) is 2. The van der Waals surface area contributed by atoms with Crippen molar-refractivity contribution in [3.05, 3.63) is 94.9 Å². The summed E-state index contributed by atoms with van der Waals surface area (Å²) in [6, 6.07) is 18.9.